The van der Waals surface area contributed by atoms with Gasteiger partial charge in [-0.1, -0.05) is 18.2 Å². The van der Waals surface area contributed by atoms with Crippen LogP contribution in [-0.4, -0.2) is 34.2 Å². The van der Waals surface area contributed by atoms with Crippen LogP contribution < -0.4 is 16.4 Å². The molecule has 10 heteroatoms. The van der Waals surface area contributed by atoms with Gasteiger partial charge in [-0.2, -0.15) is 0 Å². The molecule has 0 saturated carbocycles. The molecule has 1 aromatic carbocycles. The SMILES string of the molecule is CCOC(=O)C1(C)C(=O)Nc2nc(C(=N)/C=C\NCc3ccccc3F)nc(N)c21. The predicted molar refractivity (Wildman–Crippen MR) is 108 cm³/mol. The number of benzene rings is 1. The number of amides is 1. The van der Waals surface area contributed by atoms with E-state index in [0.29, 0.717) is 5.56 Å². The van der Waals surface area contributed by atoms with Crippen LogP contribution in [0.25, 0.3) is 0 Å². The summed E-state index contributed by atoms with van der Waals surface area (Å²) in [5.74, 6) is -1.77. The largest absolute Gasteiger partial charge is 0.465 e. The number of fused-ring (bicyclic) bond motifs is 1. The Morgan fingerprint density at radius 1 is 1.40 bits per heavy atom. The van der Waals surface area contributed by atoms with Gasteiger partial charge >= 0.3 is 5.97 Å². The van der Waals surface area contributed by atoms with Crippen molar-refractivity contribution < 1.29 is 18.7 Å². The molecule has 5 N–H and O–H groups in total. The minimum absolute atomic E-state index is 0.0383. The highest BCUT2D eigenvalue weighted by molar-refractivity contribution is 6.19. The Balaban J connectivity index is 1.77. The number of hydrogen-bond donors (Lipinski definition) is 4. The number of halogens is 1. The molecule has 0 spiro atoms. The zero-order valence-electron chi connectivity index (χ0n) is 16.5. The van der Waals surface area contributed by atoms with Crippen molar-refractivity contribution in [3.05, 3.63) is 59.3 Å². The number of hydrogen-bond acceptors (Lipinski definition) is 8. The summed E-state index contributed by atoms with van der Waals surface area (Å²) in [4.78, 5) is 33.0. The maximum Gasteiger partial charge on any atom is 0.326 e. The third-order valence-corrected chi connectivity index (χ3v) is 4.67. The van der Waals surface area contributed by atoms with Gasteiger partial charge in [0, 0.05) is 12.1 Å². The first kappa shape index (κ1) is 20.9. The minimum atomic E-state index is -1.66. The number of anilines is 2. The summed E-state index contributed by atoms with van der Waals surface area (Å²) in [7, 11) is 0. The van der Waals surface area contributed by atoms with Gasteiger partial charge in [-0.25, -0.2) is 14.4 Å². The average molecular weight is 412 g/mol. The zero-order valence-corrected chi connectivity index (χ0v) is 16.5. The van der Waals surface area contributed by atoms with E-state index in [1.54, 1.807) is 25.1 Å². The van der Waals surface area contributed by atoms with Crippen LogP contribution in [0.2, 0.25) is 0 Å². The van der Waals surface area contributed by atoms with Crippen molar-refractivity contribution in [2.75, 3.05) is 17.7 Å². The molecule has 0 radical (unpaired) electrons. The first-order valence-electron chi connectivity index (χ1n) is 9.18. The molecule has 1 aliphatic heterocycles. The van der Waals surface area contributed by atoms with E-state index in [1.165, 1.54) is 25.3 Å². The van der Waals surface area contributed by atoms with Crippen molar-refractivity contribution in [3.63, 3.8) is 0 Å². The van der Waals surface area contributed by atoms with Crippen LogP contribution in [0.3, 0.4) is 0 Å². The van der Waals surface area contributed by atoms with Crippen LogP contribution in [0.4, 0.5) is 16.0 Å². The van der Waals surface area contributed by atoms with E-state index in [0.717, 1.165) is 0 Å². The van der Waals surface area contributed by atoms with Crippen molar-refractivity contribution in [2.24, 2.45) is 0 Å². The molecule has 0 aliphatic carbocycles. The number of rotatable bonds is 7. The van der Waals surface area contributed by atoms with Crippen molar-refractivity contribution in [1.29, 1.82) is 5.41 Å². The summed E-state index contributed by atoms with van der Waals surface area (Å²) < 4.78 is 18.6. The minimum Gasteiger partial charge on any atom is -0.465 e. The molecule has 1 aliphatic rings. The van der Waals surface area contributed by atoms with Crippen LogP contribution in [-0.2, 0) is 26.3 Å². The summed E-state index contributed by atoms with van der Waals surface area (Å²) in [6, 6.07) is 6.34. The number of aromatic nitrogens is 2. The highest BCUT2D eigenvalue weighted by atomic mass is 19.1. The lowest BCUT2D eigenvalue weighted by atomic mass is 9.84. The molecule has 3 rings (SSSR count). The van der Waals surface area contributed by atoms with Gasteiger partial charge in [-0.15, -0.1) is 0 Å². The molecule has 0 fully saturated rings. The lowest BCUT2D eigenvalue weighted by molar-refractivity contribution is -0.152. The first-order chi connectivity index (χ1) is 14.3. The number of nitrogens with two attached hydrogens (primary N) is 1. The summed E-state index contributed by atoms with van der Waals surface area (Å²) in [5, 5.41) is 13.5. The molecule has 30 heavy (non-hydrogen) atoms. The Labute approximate surface area is 172 Å². The highest BCUT2D eigenvalue weighted by Gasteiger charge is 2.53. The van der Waals surface area contributed by atoms with Crippen LogP contribution in [0.15, 0.2) is 36.5 Å². The van der Waals surface area contributed by atoms with E-state index in [1.807, 2.05) is 0 Å². The van der Waals surface area contributed by atoms with Gasteiger partial charge < -0.3 is 21.1 Å². The molecule has 1 atom stereocenters. The van der Waals surface area contributed by atoms with Crippen LogP contribution in [0.1, 0.15) is 30.8 Å². The van der Waals surface area contributed by atoms with Gasteiger partial charge in [0.25, 0.3) is 0 Å². The number of nitrogens with one attached hydrogen (secondary N) is 3. The molecule has 0 bridgehead atoms. The summed E-state index contributed by atoms with van der Waals surface area (Å²) in [5.41, 5.74) is 4.86. The smallest absolute Gasteiger partial charge is 0.326 e. The molecule has 156 valence electrons. The molecular weight excluding hydrogens is 391 g/mol. The molecule has 2 aromatic rings. The summed E-state index contributed by atoms with van der Waals surface area (Å²) in [6.45, 7) is 3.36. The standard InChI is InChI=1S/C20H21FN6O3/c1-3-30-19(29)20(2)14-15(23)25-16(26-17(14)27-18(20)28)13(22)8-9-24-10-11-6-4-5-7-12(11)21/h4-9,22,24H,3,10H2,1-2H3,(H3,23,25,26,27,28)/b9-8-,22-13?. The molecular formula is C20H21FN6O3. The quantitative estimate of drug-likeness (QED) is 0.307. The maximum atomic E-state index is 13.6. The molecule has 2 heterocycles. The van der Waals surface area contributed by atoms with Gasteiger partial charge in [0.05, 0.1) is 12.2 Å². The number of esters is 1. The van der Waals surface area contributed by atoms with Gasteiger partial charge in [-0.05, 0) is 32.2 Å². The highest BCUT2D eigenvalue weighted by Crippen LogP contribution is 2.40. The number of ether oxygens (including phenoxy) is 1. The van der Waals surface area contributed by atoms with E-state index < -0.39 is 17.3 Å². The lowest BCUT2D eigenvalue weighted by Crippen LogP contribution is -2.41. The van der Waals surface area contributed by atoms with E-state index in [2.05, 4.69) is 20.6 Å². The number of carbonyl (C=O) groups excluding carboxylic acids is 2. The predicted octanol–water partition coefficient (Wildman–Crippen LogP) is 1.64. The lowest BCUT2D eigenvalue weighted by Gasteiger charge is -2.20. The van der Waals surface area contributed by atoms with Crippen LogP contribution in [0.5, 0.6) is 0 Å². The normalized spacial score (nSPS) is 17.5. The average Bonchev–Trinajstić information content (AvgIpc) is 2.98. The second-order valence-electron chi connectivity index (χ2n) is 6.67. The van der Waals surface area contributed by atoms with E-state index in [9.17, 15) is 14.0 Å². The second kappa shape index (κ2) is 8.27. The van der Waals surface area contributed by atoms with Gasteiger partial charge in [0.1, 0.15) is 23.2 Å². The summed E-state index contributed by atoms with van der Waals surface area (Å²) >= 11 is 0. The number of allylic oxidation sites excluding steroid dienone is 1. The van der Waals surface area contributed by atoms with Crippen LogP contribution in [0, 0.1) is 11.2 Å². The monoisotopic (exact) mass is 412 g/mol. The molecule has 1 amide bonds. The first-order valence-corrected chi connectivity index (χ1v) is 9.18. The molecule has 1 unspecified atom stereocenters. The molecule has 0 saturated heterocycles. The van der Waals surface area contributed by atoms with Crippen molar-refractivity contribution in [1.82, 2.24) is 15.3 Å². The van der Waals surface area contributed by atoms with Gasteiger partial charge in [0.15, 0.2) is 11.2 Å². The molecule has 1 aromatic heterocycles. The maximum absolute atomic E-state index is 13.6. The Morgan fingerprint density at radius 3 is 2.83 bits per heavy atom. The second-order valence-corrected chi connectivity index (χ2v) is 6.67. The number of nitrogens with zero attached hydrogens (tertiary/aromatic N) is 2. The third-order valence-electron chi connectivity index (χ3n) is 4.67. The fourth-order valence-electron chi connectivity index (χ4n) is 3.03. The van der Waals surface area contributed by atoms with E-state index >= 15 is 0 Å². The zero-order chi connectivity index (χ0) is 21.9. The molecule has 9 nitrogen and oxygen atoms in total. The van der Waals surface area contributed by atoms with Gasteiger partial charge in [0.2, 0.25) is 5.91 Å². The Hall–Kier alpha value is -3.82. The Kier molecular flexibility index (Phi) is 5.77. The van der Waals surface area contributed by atoms with Crippen molar-refractivity contribution >= 4 is 29.2 Å². The summed E-state index contributed by atoms with van der Waals surface area (Å²) in [6.07, 6.45) is 2.84. The third kappa shape index (κ3) is 3.71. The Bertz CT molecular complexity index is 1050. The number of nitrogen functional groups attached to an aromatic ring is 1. The fourth-order valence-corrected chi connectivity index (χ4v) is 3.03. The van der Waals surface area contributed by atoms with Crippen molar-refractivity contribution in [3.8, 4) is 0 Å². The van der Waals surface area contributed by atoms with E-state index in [-0.39, 0.29) is 47.7 Å². The topological polar surface area (TPSA) is 143 Å². The van der Waals surface area contributed by atoms with Crippen LogP contribution >= 0.6 is 0 Å². The van der Waals surface area contributed by atoms with E-state index in [4.69, 9.17) is 15.9 Å². The van der Waals surface area contributed by atoms with Crippen molar-refractivity contribution in [2.45, 2.75) is 25.8 Å². The van der Waals surface area contributed by atoms with Gasteiger partial charge in [-0.3, -0.25) is 15.0 Å². The number of carbonyl (C=O) groups is 2. The fraction of sp³-hybridized carbons (Fsp3) is 0.250. The Morgan fingerprint density at radius 2 is 2.13 bits per heavy atom.